The number of thiazole rings is 1. The largest absolute Gasteiger partial charge is 0.318 e. The second-order valence-corrected chi connectivity index (χ2v) is 5.02. The summed E-state index contributed by atoms with van der Waals surface area (Å²) in [4.78, 5) is 6.57. The minimum absolute atomic E-state index is 0.572. The van der Waals surface area contributed by atoms with Crippen molar-refractivity contribution in [3.05, 3.63) is 40.9 Å². The SMILES string of the molecule is CCCCN(c1ccccc1)c1nc(Cl)cs1. The fourth-order valence-corrected chi connectivity index (χ4v) is 2.62. The van der Waals surface area contributed by atoms with Gasteiger partial charge >= 0.3 is 0 Å². The topological polar surface area (TPSA) is 16.1 Å². The molecule has 2 aromatic rings. The van der Waals surface area contributed by atoms with Gasteiger partial charge in [0.25, 0.3) is 0 Å². The molecular formula is C13H15ClN2S. The van der Waals surface area contributed by atoms with Crippen LogP contribution in [0.4, 0.5) is 10.8 Å². The number of anilines is 2. The highest BCUT2D eigenvalue weighted by molar-refractivity contribution is 7.14. The number of para-hydroxylation sites is 1. The molecule has 1 aromatic carbocycles. The maximum atomic E-state index is 5.90. The Labute approximate surface area is 111 Å². The van der Waals surface area contributed by atoms with E-state index in [4.69, 9.17) is 11.6 Å². The molecule has 0 atom stereocenters. The van der Waals surface area contributed by atoms with Crippen LogP contribution < -0.4 is 4.90 Å². The van der Waals surface area contributed by atoms with Crippen molar-refractivity contribution in [3.8, 4) is 0 Å². The van der Waals surface area contributed by atoms with Gasteiger partial charge in [-0.05, 0) is 18.6 Å². The second kappa shape index (κ2) is 6.03. The van der Waals surface area contributed by atoms with Gasteiger partial charge < -0.3 is 4.90 Å². The highest BCUT2D eigenvalue weighted by atomic mass is 35.5. The summed E-state index contributed by atoms with van der Waals surface area (Å²) < 4.78 is 0. The van der Waals surface area contributed by atoms with Gasteiger partial charge in [0.15, 0.2) is 5.13 Å². The van der Waals surface area contributed by atoms with Crippen LogP contribution in [0.2, 0.25) is 5.15 Å². The summed E-state index contributed by atoms with van der Waals surface area (Å²) in [7, 11) is 0. The van der Waals surface area contributed by atoms with Gasteiger partial charge in [0.2, 0.25) is 0 Å². The Morgan fingerprint density at radius 2 is 2.06 bits per heavy atom. The molecular weight excluding hydrogens is 252 g/mol. The number of hydrogen-bond acceptors (Lipinski definition) is 3. The number of benzene rings is 1. The van der Waals surface area contributed by atoms with E-state index in [2.05, 4.69) is 28.9 Å². The van der Waals surface area contributed by atoms with Crippen molar-refractivity contribution in [2.24, 2.45) is 0 Å². The van der Waals surface area contributed by atoms with Gasteiger partial charge in [-0.2, -0.15) is 0 Å². The zero-order valence-corrected chi connectivity index (χ0v) is 11.3. The van der Waals surface area contributed by atoms with E-state index in [-0.39, 0.29) is 0 Å². The molecule has 0 unspecified atom stereocenters. The van der Waals surface area contributed by atoms with Crippen LogP contribution in [0.1, 0.15) is 19.8 Å². The Hall–Kier alpha value is -1.06. The lowest BCUT2D eigenvalue weighted by molar-refractivity contribution is 0.784. The third-order valence-corrected chi connectivity index (χ3v) is 3.68. The zero-order valence-electron chi connectivity index (χ0n) is 9.77. The van der Waals surface area contributed by atoms with Crippen molar-refractivity contribution in [2.45, 2.75) is 19.8 Å². The Balaban J connectivity index is 2.25. The van der Waals surface area contributed by atoms with Crippen LogP contribution in [0, 0.1) is 0 Å². The van der Waals surface area contributed by atoms with Gasteiger partial charge in [-0.15, -0.1) is 11.3 Å². The Bertz CT molecular complexity index is 455. The van der Waals surface area contributed by atoms with E-state index in [0.717, 1.165) is 18.1 Å². The molecule has 1 heterocycles. The number of hydrogen-bond donors (Lipinski definition) is 0. The molecule has 0 radical (unpaired) electrons. The van der Waals surface area contributed by atoms with Crippen molar-refractivity contribution in [1.29, 1.82) is 0 Å². The summed E-state index contributed by atoms with van der Waals surface area (Å²) in [6, 6.07) is 10.3. The molecule has 0 spiro atoms. The van der Waals surface area contributed by atoms with Crippen LogP contribution in [0.15, 0.2) is 35.7 Å². The van der Waals surface area contributed by atoms with Crippen LogP contribution in [0.3, 0.4) is 0 Å². The quantitative estimate of drug-likeness (QED) is 0.777. The Kier molecular flexibility index (Phi) is 4.40. The van der Waals surface area contributed by atoms with Crippen molar-refractivity contribution in [2.75, 3.05) is 11.4 Å². The van der Waals surface area contributed by atoms with Crippen molar-refractivity contribution in [3.63, 3.8) is 0 Å². The average Bonchev–Trinajstić information content (AvgIpc) is 2.78. The monoisotopic (exact) mass is 266 g/mol. The maximum absolute atomic E-state index is 5.90. The molecule has 1 aromatic heterocycles. The van der Waals surface area contributed by atoms with Gasteiger partial charge in [-0.3, -0.25) is 0 Å². The summed E-state index contributed by atoms with van der Waals surface area (Å²) in [5.41, 5.74) is 1.17. The first-order chi connectivity index (χ1) is 8.31. The number of unbranched alkanes of at least 4 members (excludes halogenated alkanes) is 1. The highest BCUT2D eigenvalue weighted by Crippen LogP contribution is 2.30. The molecule has 2 rings (SSSR count). The van der Waals surface area contributed by atoms with Gasteiger partial charge in [-0.1, -0.05) is 43.1 Å². The molecule has 0 aliphatic carbocycles. The minimum atomic E-state index is 0.572. The van der Waals surface area contributed by atoms with Crippen LogP contribution in [0.5, 0.6) is 0 Å². The highest BCUT2D eigenvalue weighted by Gasteiger charge is 2.11. The number of nitrogens with zero attached hydrogens (tertiary/aromatic N) is 2. The van der Waals surface area contributed by atoms with Crippen LogP contribution >= 0.6 is 22.9 Å². The lowest BCUT2D eigenvalue weighted by Gasteiger charge is -2.21. The lowest BCUT2D eigenvalue weighted by atomic mass is 10.2. The molecule has 0 aliphatic rings. The summed E-state index contributed by atoms with van der Waals surface area (Å²) >= 11 is 7.48. The van der Waals surface area contributed by atoms with Gasteiger partial charge in [0.1, 0.15) is 5.15 Å². The van der Waals surface area contributed by atoms with Gasteiger partial charge in [0, 0.05) is 17.6 Å². The van der Waals surface area contributed by atoms with Crippen LogP contribution in [-0.2, 0) is 0 Å². The first-order valence-corrected chi connectivity index (χ1v) is 7.00. The van der Waals surface area contributed by atoms with E-state index in [1.165, 1.54) is 12.1 Å². The van der Waals surface area contributed by atoms with Crippen molar-refractivity contribution < 1.29 is 0 Å². The standard InChI is InChI=1S/C13H15ClN2S/c1-2-3-9-16(11-7-5-4-6-8-11)13-15-12(14)10-17-13/h4-8,10H,2-3,9H2,1H3. The summed E-state index contributed by atoms with van der Waals surface area (Å²) in [6.07, 6.45) is 2.31. The number of aromatic nitrogens is 1. The summed E-state index contributed by atoms with van der Waals surface area (Å²) in [6.45, 7) is 3.17. The van der Waals surface area contributed by atoms with Gasteiger partial charge in [-0.25, -0.2) is 4.98 Å². The summed E-state index contributed by atoms with van der Waals surface area (Å²) in [5.74, 6) is 0. The first-order valence-electron chi connectivity index (χ1n) is 5.75. The Morgan fingerprint density at radius 3 is 2.65 bits per heavy atom. The second-order valence-electron chi connectivity index (χ2n) is 3.79. The third kappa shape index (κ3) is 3.20. The fourth-order valence-electron chi connectivity index (χ4n) is 1.63. The number of halogens is 1. The molecule has 0 aliphatic heterocycles. The molecule has 0 fully saturated rings. The zero-order chi connectivity index (χ0) is 12.1. The molecule has 0 saturated carbocycles. The fraction of sp³-hybridized carbons (Fsp3) is 0.308. The van der Waals surface area contributed by atoms with Crippen molar-refractivity contribution in [1.82, 2.24) is 4.98 Å². The molecule has 0 N–H and O–H groups in total. The minimum Gasteiger partial charge on any atom is -0.318 e. The van der Waals surface area contributed by atoms with E-state index in [9.17, 15) is 0 Å². The molecule has 90 valence electrons. The van der Waals surface area contributed by atoms with E-state index in [1.807, 2.05) is 23.6 Å². The third-order valence-electron chi connectivity index (χ3n) is 2.50. The van der Waals surface area contributed by atoms with E-state index in [0.29, 0.717) is 5.15 Å². The van der Waals surface area contributed by atoms with Crippen molar-refractivity contribution >= 4 is 33.8 Å². The lowest BCUT2D eigenvalue weighted by Crippen LogP contribution is -2.17. The smallest absolute Gasteiger partial charge is 0.191 e. The van der Waals surface area contributed by atoms with E-state index < -0.39 is 0 Å². The summed E-state index contributed by atoms with van der Waals surface area (Å²) in [5, 5.41) is 3.41. The molecule has 0 bridgehead atoms. The normalized spacial score (nSPS) is 10.5. The predicted molar refractivity (Wildman–Crippen MR) is 75.5 cm³/mol. The molecule has 0 amide bonds. The molecule has 17 heavy (non-hydrogen) atoms. The predicted octanol–water partition coefficient (Wildman–Crippen LogP) is 4.73. The Morgan fingerprint density at radius 1 is 1.29 bits per heavy atom. The van der Waals surface area contributed by atoms with E-state index >= 15 is 0 Å². The molecule has 2 nitrogen and oxygen atoms in total. The van der Waals surface area contributed by atoms with E-state index in [1.54, 1.807) is 11.3 Å². The first kappa shape index (κ1) is 12.4. The van der Waals surface area contributed by atoms with Crippen LogP contribution in [0.25, 0.3) is 0 Å². The van der Waals surface area contributed by atoms with Gasteiger partial charge in [0.05, 0.1) is 0 Å². The number of rotatable bonds is 5. The molecule has 4 heteroatoms. The molecule has 0 saturated heterocycles. The average molecular weight is 267 g/mol. The maximum Gasteiger partial charge on any atom is 0.191 e. The van der Waals surface area contributed by atoms with Crippen LogP contribution in [-0.4, -0.2) is 11.5 Å².